The number of pyridine rings is 1. The fourth-order valence-corrected chi connectivity index (χ4v) is 2.41. The number of hydrogen-bond donors (Lipinski definition) is 1. The van der Waals surface area contributed by atoms with Gasteiger partial charge < -0.3 is 10.6 Å². The van der Waals surface area contributed by atoms with Gasteiger partial charge in [0.15, 0.2) is 0 Å². The van der Waals surface area contributed by atoms with Gasteiger partial charge >= 0.3 is 0 Å². The molecule has 0 aliphatic carbocycles. The molecule has 0 spiro atoms. The van der Waals surface area contributed by atoms with Crippen molar-refractivity contribution in [3.63, 3.8) is 0 Å². The summed E-state index contributed by atoms with van der Waals surface area (Å²) in [5.41, 5.74) is 6.34. The Morgan fingerprint density at radius 2 is 2.39 bits per heavy atom. The molecule has 1 aromatic rings. The van der Waals surface area contributed by atoms with Crippen LogP contribution >= 0.6 is 0 Å². The van der Waals surface area contributed by atoms with Gasteiger partial charge in [-0.25, -0.2) is 0 Å². The first-order chi connectivity index (χ1) is 8.56. The molecule has 1 fully saturated rings. The Balaban J connectivity index is 2.21. The Morgan fingerprint density at radius 1 is 1.61 bits per heavy atom. The van der Waals surface area contributed by atoms with E-state index < -0.39 is 5.41 Å². The lowest BCUT2D eigenvalue weighted by Crippen LogP contribution is -2.44. The van der Waals surface area contributed by atoms with Gasteiger partial charge in [0.1, 0.15) is 0 Å². The fraction of sp³-hybridized carbons (Fsp3) is 0.571. The van der Waals surface area contributed by atoms with E-state index >= 15 is 0 Å². The van der Waals surface area contributed by atoms with E-state index in [1.54, 1.807) is 6.20 Å². The van der Waals surface area contributed by atoms with Crippen LogP contribution in [0.2, 0.25) is 0 Å². The van der Waals surface area contributed by atoms with Crippen molar-refractivity contribution >= 4 is 5.91 Å². The average molecular weight is 247 g/mol. The molecular weight excluding hydrogens is 226 g/mol. The predicted molar refractivity (Wildman–Crippen MR) is 70.8 cm³/mol. The summed E-state index contributed by atoms with van der Waals surface area (Å²) in [7, 11) is 0. The lowest BCUT2D eigenvalue weighted by atomic mass is 9.91. The smallest absolute Gasteiger partial charge is 0.230 e. The van der Waals surface area contributed by atoms with Crippen molar-refractivity contribution < 1.29 is 4.79 Å². The fourth-order valence-electron chi connectivity index (χ4n) is 2.41. The minimum Gasteiger partial charge on any atom is -0.335 e. The molecule has 2 rings (SSSR count). The molecule has 1 saturated heterocycles. The average Bonchev–Trinajstić information content (AvgIpc) is 2.87. The summed E-state index contributed by atoms with van der Waals surface area (Å²) < 4.78 is 0. The molecule has 0 aromatic carbocycles. The molecule has 4 heteroatoms. The Hall–Kier alpha value is -1.42. The summed E-state index contributed by atoms with van der Waals surface area (Å²) in [6.45, 7) is 5.02. The highest BCUT2D eigenvalue weighted by Gasteiger charge is 2.37. The van der Waals surface area contributed by atoms with E-state index in [1.807, 2.05) is 37.1 Å². The minimum atomic E-state index is -0.481. The van der Waals surface area contributed by atoms with Gasteiger partial charge in [-0.3, -0.25) is 9.78 Å². The lowest BCUT2D eigenvalue weighted by molar-refractivity contribution is -0.140. The van der Waals surface area contributed by atoms with Crippen molar-refractivity contribution in [3.05, 3.63) is 30.1 Å². The van der Waals surface area contributed by atoms with Crippen molar-refractivity contribution in [2.24, 2.45) is 11.1 Å². The number of rotatable bonds is 3. The zero-order valence-electron chi connectivity index (χ0n) is 11.1. The van der Waals surface area contributed by atoms with Crippen molar-refractivity contribution in [3.8, 4) is 0 Å². The number of amides is 1. The van der Waals surface area contributed by atoms with Crippen LogP contribution in [0, 0.1) is 5.41 Å². The molecule has 18 heavy (non-hydrogen) atoms. The predicted octanol–water partition coefficient (Wildman–Crippen LogP) is 1.73. The van der Waals surface area contributed by atoms with Gasteiger partial charge in [-0.1, -0.05) is 6.07 Å². The number of carbonyl (C=O) groups excluding carboxylic acids is 1. The third-order valence-corrected chi connectivity index (χ3v) is 3.67. The number of carbonyl (C=O) groups is 1. The summed E-state index contributed by atoms with van der Waals surface area (Å²) in [6, 6.07) is 4.13. The van der Waals surface area contributed by atoms with E-state index in [9.17, 15) is 4.79 Å². The summed E-state index contributed by atoms with van der Waals surface area (Å²) in [5.74, 6) is 0.149. The highest BCUT2D eigenvalue weighted by atomic mass is 16.2. The van der Waals surface area contributed by atoms with Crippen LogP contribution in [0.25, 0.3) is 0 Å². The van der Waals surface area contributed by atoms with Crippen LogP contribution in [-0.4, -0.2) is 28.9 Å². The van der Waals surface area contributed by atoms with Gasteiger partial charge in [0, 0.05) is 25.5 Å². The molecule has 0 bridgehead atoms. The summed E-state index contributed by atoms with van der Waals surface area (Å²) in [5, 5.41) is 0. The van der Waals surface area contributed by atoms with E-state index in [0.717, 1.165) is 24.9 Å². The van der Waals surface area contributed by atoms with Crippen molar-refractivity contribution in [2.45, 2.75) is 32.7 Å². The third kappa shape index (κ3) is 2.38. The number of aromatic nitrogens is 1. The largest absolute Gasteiger partial charge is 0.335 e. The Kier molecular flexibility index (Phi) is 3.66. The van der Waals surface area contributed by atoms with Crippen LogP contribution in [-0.2, 0) is 4.79 Å². The number of likely N-dealkylation sites (tertiary alicyclic amines) is 1. The highest BCUT2D eigenvalue weighted by molar-refractivity contribution is 5.83. The standard InChI is InChI=1S/C14H21N3O/c1-14(2,10-15)13(18)17-8-4-6-12(17)11-5-3-7-16-9-11/h3,5,7,9,12H,4,6,8,10,15H2,1-2H3. The normalized spacial score (nSPS) is 20.2. The Bertz CT molecular complexity index is 416. The van der Waals surface area contributed by atoms with Gasteiger partial charge in [-0.05, 0) is 38.3 Å². The van der Waals surface area contributed by atoms with E-state index in [2.05, 4.69) is 4.98 Å². The number of hydrogen-bond acceptors (Lipinski definition) is 3. The van der Waals surface area contributed by atoms with Crippen LogP contribution in [0.1, 0.15) is 38.3 Å². The zero-order valence-corrected chi connectivity index (χ0v) is 11.1. The van der Waals surface area contributed by atoms with E-state index in [0.29, 0.717) is 6.54 Å². The molecule has 2 N–H and O–H groups in total. The van der Waals surface area contributed by atoms with Crippen LogP contribution in [0.5, 0.6) is 0 Å². The van der Waals surface area contributed by atoms with Gasteiger partial charge in [0.05, 0.1) is 11.5 Å². The van der Waals surface area contributed by atoms with Crippen LogP contribution in [0.4, 0.5) is 0 Å². The minimum absolute atomic E-state index is 0.149. The maximum Gasteiger partial charge on any atom is 0.230 e. The van der Waals surface area contributed by atoms with Crippen molar-refractivity contribution in [1.82, 2.24) is 9.88 Å². The number of nitrogens with two attached hydrogens (primary N) is 1. The first kappa shape index (κ1) is 13.0. The molecule has 0 saturated carbocycles. The number of nitrogens with zero attached hydrogens (tertiary/aromatic N) is 2. The molecule has 1 unspecified atom stereocenters. The summed E-state index contributed by atoms with van der Waals surface area (Å²) in [6.07, 6.45) is 5.67. The SMILES string of the molecule is CC(C)(CN)C(=O)N1CCCC1c1cccnc1. The van der Waals surface area contributed by atoms with Gasteiger partial charge in [0.25, 0.3) is 0 Å². The Labute approximate surface area is 108 Å². The lowest BCUT2D eigenvalue weighted by Gasteiger charge is -2.32. The molecular formula is C14H21N3O. The van der Waals surface area contributed by atoms with Crippen LogP contribution < -0.4 is 5.73 Å². The van der Waals surface area contributed by atoms with E-state index in [1.165, 1.54) is 0 Å². The maximum atomic E-state index is 12.5. The second-order valence-electron chi connectivity index (χ2n) is 5.53. The first-order valence-electron chi connectivity index (χ1n) is 6.47. The molecule has 0 radical (unpaired) electrons. The van der Waals surface area contributed by atoms with E-state index in [4.69, 9.17) is 5.73 Å². The molecule has 2 heterocycles. The maximum absolute atomic E-state index is 12.5. The van der Waals surface area contributed by atoms with Gasteiger partial charge in [0.2, 0.25) is 5.91 Å². The van der Waals surface area contributed by atoms with Gasteiger partial charge in [-0.15, -0.1) is 0 Å². The monoisotopic (exact) mass is 247 g/mol. The second kappa shape index (κ2) is 5.06. The van der Waals surface area contributed by atoms with Gasteiger partial charge in [-0.2, -0.15) is 0 Å². The molecule has 4 nitrogen and oxygen atoms in total. The molecule has 1 atom stereocenters. The second-order valence-corrected chi connectivity index (χ2v) is 5.53. The highest BCUT2D eigenvalue weighted by Crippen LogP contribution is 2.34. The third-order valence-electron chi connectivity index (χ3n) is 3.67. The molecule has 98 valence electrons. The quantitative estimate of drug-likeness (QED) is 0.885. The topological polar surface area (TPSA) is 59.2 Å². The van der Waals surface area contributed by atoms with Crippen LogP contribution in [0.15, 0.2) is 24.5 Å². The molecule has 1 aromatic heterocycles. The summed E-state index contributed by atoms with van der Waals surface area (Å²) in [4.78, 5) is 18.6. The molecule has 1 aliphatic rings. The first-order valence-corrected chi connectivity index (χ1v) is 6.47. The zero-order chi connectivity index (χ0) is 13.2. The molecule has 1 aliphatic heterocycles. The van der Waals surface area contributed by atoms with Crippen LogP contribution in [0.3, 0.4) is 0 Å². The van der Waals surface area contributed by atoms with E-state index in [-0.39, 0.29) is 11.9 Å². The van der Waals surface area contributed by atoms with Crippen molar-refractivity contribution in [2.75, 3.05) is 13.1 Å². The van der Waals surface area contributed by atoms with Crippen molar-refractivity contribution in [1.29, 1.82) is 0 Å². The summed E-state index contributed by atoms with van der Waals surface area (Å²) >= 11 is 0. The molecule has 1 amide bonds. The Morgan fingerprint density at radius 3 is 3.00 bits per heavy atom.